The van der Waals surface area contributed by atoms with Crippen molar-refractivity contribution in [1.82, 2.24) is 5.32 Å². The summed E-state index contributed by atoms with van der Waals surface area (Å²) in [5, 5.41) is 6.54. The van der Waals surface area contributed by atoms with Gasteiger partial charge in [-0.3, -0.25) is 4.99 Å². The Morgan fingerprint density at radius 3 is 2.53 bits per heavy atom. The molecule has 0 aromatic carbocycles. The molecule has 0 saturated heterocycles. The van der Waals surface area contributed by atoms with Gasteiger partial charge in [-0.2, -0.15) is 11.8 Å². The van der Waals surface area contributed by atoms with Crippen molar-refractivity contribution >= 4 is 28.7 Å². The first-order chi connectivity index (χ1) is 9.26. The molecule has 0 radical (unpaired) electrons. The molecule has 0 amide bonds. The lowest BCUT2D eigenvalue weighted by Crippen LogP contribution is -2.36. The predicted molar refractivity (Wildman–Crippen MR) is 90.4 cm³/mol. The van der Waals surface area contributed by atoms with Crippen molar-refractivity contribution in [3.63, 3.8) is 0 Å². The zero-order chi connectivity index (χ0) is 13.7. The molecule has 1 heterocycles. The van der Waals surface area contributed by atoms with Crippen LogP contribution >= 0.6 is 23.5 Å². The van der Waals surface area contributed by atoms with Gasteiger partial charge in [0, 0.05) is 16.5 Å². The highest BCUT2D eigenvalue weighted by molar-refractivity contribution is 8.14. The van der Waals surface area contributed by atoms with E-state index >= 15 is 0 Å². The Kier molecular flexibility index (Phi) is 6.40. The maximum absolute atomic E-state index is 4.73. The highest BCUT2D eigenvalue weighted by Crippen LogP contribution is 2.32. The van der Waals surface area contributed by atoms with E-state index in [0.717, 1.165) is 23.0 Å². The summed E-state index contributed by atoms with van der Waals surface area (Å²) >= 11 is 4.04. The Bertz CT molecular complexity index is 295. The van der Waals surface area contributed by atoms with Crippen LogP contribution in [0.1, 0.15) is 52.4 Å². The maximum atomic E-state index is 4.73. The largest absolute Gasteiger partial charge is 0.362 e. The fourth-order valence-corrected chi connectivity index (χ4v) is 5.29. The van der Waals surface area contributed by atoms with Crippen molar-refractivity contribution in [3.8, 4) is 0 Å². The van der Waals surface area contributed by atoms with Gasteiger partial charge in [-0.1, -0.05) is 38.5 Å². The van der Waals surface area contributed by atoms with Gasteiger partial charge in [-0.05, 0) is 37.9 Å². The third-order valence-electron chi connectivity index (χ3n) is 4.59. The number of hydrogen-bond acceptors (Lipinski definition) is 4. The molecule has 0 aromatic heterocycles. The van der Waals surface area contributed by atoms with Crippen molar-refractivity contribution in [2.45, 2.75) is 68.9 Å². The Labute approximate surface area is 127 Å². The minimum absolute atomic E-state index is 0.676. The maximum Gasteiger partial charge on any atom is 0.157 e. The van der Waals surface area contributed by atoms with Crippen LogP contribution in [0.25, 0.3) is 0 Å². The van der Waals surface area contributed by atoms with Crippen molar-refractivity contribution in [2.24, 2.45) is 10.9 Å². The molecule has 2 aliphatic rings. The van der Waals surface area contributed by atoms with E-state index in [0.29, 0.717) is 6.04 Å². The van der Waals surface area contributed by atoms with E-state index in [-0.39, 0.29) is 0 Å². The zero-order valence-electron chi connectivity index (χ0n) is 12.5. The second kappa shape index (κ2) is 7.82. The Morgan fingerprint density at radius 1 is 1.26 bits per heavy atom. The third-order valence-corrected chi connectivity index (χ3v) is 7.03. The predicted octanol–water partition coefficient (Wildman–Crippen LogP) is 4.16. The van der Waals surface area contributed by atoms with Gasteiger partial charge in [0.15, 0.2) is 5.17 Å². The van der Waals surface area contributed by atoms with Gasteiger partial charge in [0.25, 0.3) is 0 Å². The normalized spacial score (nSPS) is 31.6. The van der Waals surface area contributed by atoms with Crippen LogP contribution in [0, 0.1) is 5.92 Å². The van der Waals surface area contributed by atoms with E-state index in [4.69, 9.17) is 4.99 Å². The SMILES string of the molecule is CCC(CC)C1CN=C(NC2CCC(SC)CC2)S1. The molecular formula is C15H28N2S2. The Balaban J connectivity index is 1.73. The summed E-state index contributed by atoms with van der Waals surface area (Å²) in [5.41, 5.74) is 0. The molecule has 0 spiro atoms. The first kappa shape index (κ1) is 15.6. The molecule has 2 nitrogen and oxygen atoms in total. The van der Waals surface area contributed by atoms with Crippen LogP contribution in [0.3, 0.4) is 0 Å². The standard InChI is InChI=1S/C15H28N2S2/c1-4-11(5-2)14-10-16-15(19-14)17-12-6-8-13(18-3)9-7-12/h11-14H,4-10H2,1-3H3,(H,16,17). The molecule has 1 saturated carbocycles. The molecule has 1 aliphatic heterocycles. The van der Waals surface area contributed by atoms with Crippen LogP contribution in [-0.2, 0) is 0 Å². The van der Waals surface area contributed by atoms with Crippen LogP contribution in [0.4, 0.5) is 0 Å². The van der Waals surface area contributed by atoms with Crippen molar-refractivity contribution in [1.29, 1.82) is 0 Å². The Morgan fingerprint density at radius 2 is 1.95 bits per heavy atom. The summed E-state index contributed by atoms with van der Waals surface area (Å²) in [6, 6.07) is 0.676. The molecule has 4 heteroatoms. The second-order valence-corrected chi connectivity index (χ2v) is 8.10. The lowest BCUT2D eigenvalue weighted by Gasteiger charge is -2.28. The van der Waals surface area contributed by atoms with Gasteiger partial charge in [-0.15, -0.1) is 0 Å². The van der Waals surface area contributed by atoms with Gasteiger partial charge in [0.2, 0.25) is 0 Å². The fraction of sp³-hybridized carbons (Fsp3) is 0.933. The van der Waals surface area contributed by atoms with Crippen molar-refractivity contribution in [2.75, 3.05) is 12.8 Å². The summed E-state index contributed by atoms with van der Waals surface area (Å²) < 4.78 is 0. The van der Waals surface area contributed by atoms with Crippen molar-refractivity contribution < 1.29 is 0 Å². The molecule has 0 aromatic rings. The van der Waals surface area contributed by atoms with Crippen LogP contribution in [0.2, 0.25) is 0 Å². The molecule has 2 rings (SSSR count). The van der Waals surface area contributed by atoms with Crippen molar-refractivity contribution in [3.05, 3.63) is 0 Å². The average Bonchev–Trinajstić information content (AvgIpc) is 2.89. The van der Waals surface area contributed by atoms with Crippen LogP contribution in [0.15, 0.2) is 4.99 Å². The molecule has 19 heavy (non-hydrogen) atoms. The topological polar surface area (TPSA) is 24.4 Å². The van der Waals surface area contributed by atoms with E-state index in [9.17, 15) is 0 Å². The zero-order valence-corrected chi connectivity index (χ0v) is 14.2. The first-order valence-corrected chi connectivity index (χ1v) is 9.94. The molecule has 1 aliphatic carbocycles. The number of aliphatic imine (C=N–C) groups is 1. The summed E-state index contributed by atoms with van der Waals surface area (Å²) in [4.78, 5) is 4.73. The van der Waals surface area contributed by atoms with Gasteiger partial charge in [-0.25, -0.2) is 0 Å². The molecule has 1 atom stereocenters. The number of nitrogens with one attached hydrogen (secondary N) is 1. The molecular weight excluding hydrogens is 272 g/mol. The van der Waals surface area contributed by atoms with Gasteiger partial charge < -0.3 is 5.32 Å². The van der Waals surface area contributed by atoms with E-state index < -0.39 is 0 Å². The molecule has 1 N–H and O–H groups in total. The molecule has 1 fully saturated rings. The van der Waals surface area contributed by atoms with E-state index in [1.54, 1.807) is 0 Å². The number of thioether (sulfide) groups is 2. The molecule has 110 valence electrons. The van der Waals surface area contributed by atoms with E-state index in [2.05, 4.69) is 25.4 Å². The molecule has 0 bridgehead atoms. The van der Waals surface area contributed by atoms with Crippen LogP contribution in [-0.4, -0.2) is 34.5 Å². The monoisotopic (exact) mass is 300 g/mol. The number of hydrogen-bond donors (Lipinski definition) is 1. The summed E-state index contributed by atoms with van der Waals surface area (Å²) in [5.74, 6) is 0.834. The van der Waals surface area contributed by atoms with Crippen LogP contribution in [0.5, 0.6) is 0 Å². The second-order valence-electron chi connectivity index (χ2n) is 5.73. The number of rotatable bonds is 5. The minimum atomic E-state index is 0.676. The lowest BCUT2D eigenvalue weighted by atomic mass is 9.95. The van der Waals surface area contributed by atoms with Gasteiger partial charge >= 0.3 is 0 Å². The fourth-order valence-electron chi connectivity index (χ4n) is 3.15. The smallest absolute Gasteiger partial charge is 0.157 e. The highest BCUT2D eigenvalue weighted by atomic mass is 32.2. The van der Waals surface area contributed by atoms with E-state index in [1.165, 1.54) is 43.7 Å². The van der Waals surface area contributed by atoms with E-state index in [1.807, 2.05) is 23.5 Å². The Hall–Kier alpha value is 0.170. The average molecular weight is 301 g/mol. The van der Waals surface area contributed by atoms with Crippen LogP contribution < -0.4 is 5.32 Å². The first-order valence-electron chi connectivity index (χ1n) is 7.77. The highest BCUT2D eigenvalue weighted by Gasteiger charge is 2.28. The summed E-state index contributed by atoms with van der Waals surface area (Å²) in [6.45, 7) is 5.65. The van der Waals surface area contributed by atoms with Gasteiger partial charge in [0.1, 0.15) is 0 Å². The number of amidine groups is 1. The number of nitrogens with zero attached hydrogens (tertiary/aromatic N) is 1. The summed E-state index contributed by atoms with van der Waals surface area (Å²) in [7, 11) is 0. The lowest BCUT2D eigenvalue weighted by molar-refractivity contribution is 0.423. The minimum Gasteiger partial charge on any atom is -0.362 e. The summed E-state index contributed by atoms with van der Waals surface area (Å²) in [6.07, 6.45) is 10.2. The third kappa shape index (κ3) is 4.32. The van der Waals surface area contributed by atoms with Gasteiger partial charge in [0.05, 0.1) is 6.54 Å². The quantitative estimate of drug-likeness (QED) is 0.825. The molecule has 1 unspecified atom stereocenters.